The lowest BCUT2D eigenvalue weighted by molar-refractivity contribution is -0.136. The van der Waals surface area contributed by atoms with E-state index >= 15 is 0 Å². The molecule has 0 aliphatic rings. The van der Waals surface area contributed by atoms with Crippen molar-refractivity contribution in [3.8, 4) is 0 Å². The van der Waals surface area contributed by atoms with Gasteiger partial charge in [0.05, 0.1) is 6.42 Å². The Morgan fingerprint density at radius 3 is 2.52 bits per heavy atom. The van der Waals surface area contributed by atoms with Crippen LogP contribution < -0.4 is 5.32 Å². The molecule has 1 heterocycles. The molecule has 0 spiro atoms. The molecule has 0 radical (unpaired) electrons. The minimum atomic E-state index is -0.809. The van der Waals surface area contributed by atoms with Gasteiger partial charge in [-0.3, -0.25) is 4.79 Å². The average molecular weight is 287 g/mol. The Balaban J connectivity index is 2.06. The SMILES string of the molecule is Cc1cc(C(C)NCc2ccccc2CC(=O)O)c(C)o1. The summed E-state index contributed by atoms with van der Waals surface area (Å²) in [6, 6.07) is 9.82. The van der Waals surface area contributed by atoms with Crippen LogP contribution in [0.4, 0.5) is 0 Å². The van der Waals surface area contributed by atoms with Gasteiger partial charge in [-0.25, -0.2) is 0 Å². The summed E-state index contributed by atoms with van der Waals surface area (Å²) in [5, 5.41) is 12.4. The number of carboxylic acid groups (broad SMARTS) is 1. The third kappa shape index (κ3) is 3.95. The van der Waals surface area contributed by atoms with Crippen LogP contribution in [0.5, 0.6) is 0 Å². The van der Waals surface area contributed by atoms with E-state index in [0.29, 0.717) is 6.54 Å². The highest BCUT2D eigenvalue weighted by molar-refractivity contribution is 5.70. The van der Waals surface area contributed by atoms with Crippen LogP contribution in [0.3, 0.4) is 0 Å². The highest BCUT2D eigenvalue weighted by Crippen LogP contribution is 2.22. The molecule has 0 fully saturated rings. The lowest BCUT2D eigenvalue weighted by Gasteiger charge is -2.15. The summed E-state index contributed by atoms with van der Waals surface area (Å²) >= 11 is 0. The van der Waals surface area contributed by atoms with Gasteiger partial charge in [0.15, 0.2) is 0 Å². The molecule has 1 atom stereocenters. The molecule has 1 unspecified atom stereocenters. The lowest BCUT2D eigenvalue weighted by Crippen LogP contribution is -2.19. The Morgan fingerprint density at radius 1 is 1.29 bits per heavy atom. The molecule has 0 bridgehead atoms. The topological polar surface area (TPSA) is 62.5 Å². The molecule has 0 saturated heterocycles. The van der Waals surface area contributed by atoms with Crippen LogP contribution in [0.25, 0.3) is 0 Å². The summed E-state index contributed by atoms with van der Waals surface area (Å²) in [5.74, 6) is 1.02. The van der Waals surface area contributed by atoms with E-state index in [0.717, 1.165) is 28.2 Å². The van der Waals surface area contributed by atoms with Crippen molar-refractivity contribution in [1.29, 1.82) is 0 Å². The first kappa shape index (κ1) is 15.3. The van der Waals surface area contributed by atoms with Gasteiger partial charge < -0.3 is 14.8 Å². The van der Waals surface area contributed by atoms with Crippen molar-refractivity contribution < 1.29 is 14.3 Å². The van der Waals surface area contributed by atoms with Crippen molar-refractivity contribution >= 4 is 5.97 Å². The predicted molar refractivity (Wildman–Crippen MR) is 81.2 cm³/mol. The van der Waals surface area contributed by atoms with Gasteiger partial charge in [-0.2, -0.15) is 0 Å². The molecule has 0 aliphatic heterocycles. The maximum atomic E-state index is 10.9. The van der Waals surface area contributed by atoms with E-state index < -0.39 is 5.97 Å². The molecular weight excluding hydrogens is 266 g/mol. The number of furan rings is 1. The Bertz CT molecular complexity index is 631. The summed E-state index contributed by atoms with van der Waals surface area (Å²) in [6.45, 7) is 6.61. The van der Waals surface area contributed by atoms with Gasteiger partial charge >= 0.3 is 5.97 Å². The second-order valence-electron chi connectivity index (χ2n) is 5.31. The van der Waals surface area contributed by atoms with Gasteiger partial charge in [-0.15, -0.1) is 0 Å². The van der Waals surface area contributed by atoms with Crippen molar-refractivity contribution in [1.82, 2.24) is 5.32 Å². The minimum Gasteiger partial charge on any atom is -0.481 e. The van der Waals surface area contributed by atoms with Gasteiger partial charge in [-0.05, 0) is 38.0 Å². The van der Waals surface area contributed by atoms with Gasteiger partial charge in [0.1, 0.15) is 11.5 Å². The van der Waals surface area contributed by atoms with Crippen molar-refractivity contribution in [2.75, 3.05) is 0 Å². The van der Waals surface area contributed by atoms with E-state index in [-0.39, 0.29) is 12.5 Å². The predicted octanol–water partition coefficient (Wildman–Crippen LogP) is 3.37. The van der Waals surface area contributed by atoms with E-state index in [1.54, 1.807) is 0 Å². The third-order valence-corrected chi connectivity index (χ3v) is 3.60. The summed E-state index contributed by atoms with van der Waals surface area (Å²) in [7, 11) is 0. The Morgan fingerprint density at radius 2 is 1.95 bits per heavy atom. The zero-order valence-electron chi connectivity index (χ0n) is 12.6. The first-order valence-corrected chi connectivity index (χ1v) is 7.06. The molecule has 4 nitrogen and oxygen atoms in total. The van der Waals surface area contributed by atoms with E-state index in [2.05, 4.69) is 12.2 Å². The van der Waals surface area contributed by atoms with Crippen LogP contribution in [0.1, 0.15) is 41.2 Å². The van der Waals surface area contributed by atoms with Crippen LogP contribution in [0.15, 0.2) is 34.7 Å². The van der Waals surface area contributed by atoms with Crippen LogP contribution >= 0.6 is 0 Å². The fraction of sp³-hybridized carbons (Fsp3) is 0.353. The summed E-state index contributed by atoms with van der Waals surface area (Å²) in [5.41, 5.74) is 3.01. The zero-order valence-corrected chi connectivity index (χ0v) is 12.6. The van der Waals surface area contributed by atoms with Gasteiger partial charge in [0.2, 0.25) is 0 Å². The second-order valence-corrected chi connectivity index (χ2v) is 5.31. The van der Waals surface area contributed by atoms with E-state index in [9.17, 15) is 4.79 Å². The molecule has 2 rings (SSSR count). The second kappa shape index (κ2) is 6.59. The molecule has 0 saturated carbocycles. The number of aliphatic carboxylic acids is 1. The van der Waals surface area contributed by atoms with Gasteiger partial charge in [0.25, 0.3) is 0 Å². The fourth-order valence-corrected chi connectivity index (χ4v) is 2.52. The maximum absolute atomic E-state index is 10.9. The van der Waals surface area contributed by atoms with Crippen LogP contribution in [0.2, 0.25) is 0 Å². The van der Waals surface area contributed by atoms with E-state index in [1.165, 1.54) is 0 Å². The third-order valence-electron chi connectivity index (χ3n) is 3.60. The minimum absolute atomic E-state index is 0.0517. The highest BCUT2D eigenvalue weighted by atomic mass is 16.4. The smallest absolute Gasteiger partial charge is 0.307 e. The normalized spacial score (nSPS) is 12.3. The van der Waals surface area contributed by atoms with E-state index in [4.69, 9.17) is 9.52 Å². The van der Waals surface area contributed by atoms with Crippen LogP contribution in [-0.4, -0.2) is 11.1 Å². The summed E-state index contributed by atoms with van der Waals surface area (Å²) < 4.78 is 5.55. The zero-order chi connectivity index (χ0) is 15.4. The number of aryl methyl sites for hydroxylation is 2. The molecule has 1 aromatic carbocycles. The van der Waals surface area contributed by atoms with Gasteiger partial charge in [-0.1, -0.05) is 24.3 Å². The van der Waals surface area contributed by atoms with Crippen molar-refractivity contribution in [3.63, 3.8) is 0 Å². The molecule has 2 aromatic rings. The molecule has 112 valence electrons. The largest absolute Gasteiger partial charge is 0.481 e. The number of hydrogen-bond acceptors (Lipinski definition) is 3. The lowest BCUT2D eigenvalue weighted by atomic mass is 10.0. The van der Waals surface area contributed by atoms with Crippen molar-refractivity contribution in [3.05, 3.63) is 58.5 Å². The number of hydrogen-bond donors (Lipinski definition) is 2. The van der Waals surface area contributed by atoms with E-state index in [1.807, 2.05) is 44.2 Å². The number of carboxylic acids is 1. The molecule has 0 amide bonds. The Hall–Kier alpha value is -2.07. The molecule has 0 aliphatic carbocycles. The molecule has 1 aromatic heterocycles. The number of rotatable bonds is 6. The average Bonchev–Trinajstić information content (AvgIpc) is 2.76. The highest BCUT2D eigenvalue weighted by Gasteiger charge is 2.13. The first-order chi connectivity index (χ1) is 9.97. The fourth-order valence-electron chi connectivity index (χ4n) is 2.52. The quantitative estimate of drug-likeness (QED) is 0.855. The molecule has 21 heavy (non-hydrogen) atoms. The van der Waals surface area contributed by atoms with Gasteiger partial charge in [0, 0.05) is 18.2 Å². The van der Waals surface area contributed by atoms with Crippen LogP contribution in [0, 0.1) is 13.8 Å². The first-order valence-electron chi connectivity index (χ1n) is 7.06. The number of carbonyl (C=O) groups is 1. The maximum Gasteiger partial charge on any atom is 0.307 e. The number of benzene rings is 1. The van der Waals surface area contributed by atoms with Crippen molar-refractivity contribution in [2.24, 2.45) is 0 Å². The van der Waals surface area contributed by atoms with Crippen LogP contribution in [-0.2, 0) is 17.8 Å². The summed E-state index contributed by atoms with van der Waals surface area (Å²) in [4.78, 5) is 10.9. The standard InChI is InChI=1S/C17H21NO3/c1-11-8-16(13(3)21-11)12(2)18-10-15-7-5-4-6-14(15)9-17(19)20/h4-8,12,18H,9-10H2,1-3H3,(H,19,20). The summed E-state index contributed by atoms with van der Waals surface area (Å²) in [6.07, 6.45) is 0.0517. The molecule has 2 N–H and O–H groups in total. The Kier molecular flexibility index (Phi) is 4.81. The molecule has 4 heteroatoms. The molecular formula is C17H21NO3. The van der Waals surface area contributed by atoms with Crippen molar-refractivity contribution in [2.45, 2.75) is 39.8 Å². The number of nitrogens with one attached hydrogen (secondary N) is 1. The Labute approximate surface area is 124 Å². The monoisotopic (exact) mass is 287 g/mol.